The summed E-state index contributed by atoms with van der Waals surface area (Å²) in [6.07, 6.45) is 8.06. The maximum atomic E-state index is 5.73. The Kier molecular flexibility index (Phi) is 12.4. The molecule has 1 aromatic rings. The molecule has 1 atom stereocenters. The van der Waals surface area contributed by atoms with Crippen LogP contribution in [0.15, 0.2) is 41.4 Å². The van der Waals surface area contributed by atoms with Crippen molar-refractivity contribution in [3.8, 4) is 0 Å². The quantitative estimate of drug-likeness (QED) is 0.231. The summed E-state index contributed by atoms with van der Waals surface area (Å²) < 4.78 is 11.3. The van der Waals surface area contributed by atoms with Crippen molar-refractivity contribution in [3.63, 3.8) is 0 Å². The molecule has 2 saturated heterocycles. The number of guanidine groups is 1. The highest BCUT2D eigenvalue weighted by Gasteiger charge is 2.18. The molecule has 0 aliphatic carbocycles. The number of piperazine rings is 1. The monoisotopic (exact) mass is 528 g/mol. The first-order chi connectivity index (χ1) is 14.3. The highest BCUT2D eigenvalue weighted by atomic mass is 127. The molecule has 168 valence electrons. The normalized spacial score (nSPS) is 20.5. The smallest absolute Gasteiger partial charge is 0.193 e. The Morgan fingerprint density at radius 3 is 2.73 bits per heavy atom. The van der Waals surface area contributed by atoms with Gasteiger partial charge in [0.1, 0.15) is 0 Å². The topological polar surface area (TPSA) is 49.3 Å². The van der Waals surface area contributed by atoms with Crippen LogP contribution in [0.5, 0.6) is 0 Å². The highest BCUT2D eigenvalue weighted by Crippen LogP contribution is 2.11. The van der Waals surface area contributed by atoms with E-state index in [0.29, 0.717) is 6.10 Å². The molecule has 2 aliphatic rings. The molecule has 1 unspecified atom stereocenters. The Hall–Kier alpha value is -1.16. The molecule has 2 heterocycles. The summed E-state index contributed by atoms with van der Waals surface area (Å²) in [7, 11) is 1.87. The Morgan fingerprint density at radius 1 is 1.23 bits per heavy atom. The average Bonchev–Trinajstić information content (AvgIpc) is 3.28. The molecule has 7 heteroatoms. The fourth-order valence-corrected chi connectivity index (χ4v) is 3.74. The summed E-state index contributed by atoms with van der Waals surface area (Å²) in [5.41, 5.74) is 1.26. The molecule has 2 fully saturated rings. The van der Waals surface area contributed by atoms with Crippen LogP contribution in [0.4, 0.5) is 0 Å². The van der Waals surface area contributed by atoms with Crippen molar-refractivity contribution in [3.05, 3.63) is 42.0 Å². The molecule has 2 aliphatic heterocycles. The van der Waals surface area contributed by atoms with E-state index < -0.39 is 0 Å². The number of hydrogen-bond donors (Lipinski definition) is 1. The van der Waals surface area contributed by atoms with Gasteiger partial charge in [0.25, 0.3) is 0 Å². The number of nitrogens with one attached hydrogen (secondary N) is 1. The number of hydrogen-bond acceptors (Lipinski definition) is 4. The maximum Gasteiger partial charge on any atom is 0.193 e. The van der Waals surface area contributed by atoms with E-state index in [-0.39, 0.29) is 24.0 Å². The van der Waals surface area contributed by atoms with E-state index in [2.05, 4.69) is 62.6 Å². The van der Waals surface area contributed by atoms with Gasteiger partial charge in [-0.05, 0) is 24.8 Å². The van der Waals surface area contributed by atoms with E-state index in [9.17, 15) is 0 Å². The fraction of sp³-hybridized carbons (Fsp3) is 0.609. The number of nitrogens with zero attached hydrogens (tertiary/aromatic N) is 3. The van der Waals surface area contributed by atoms with Gasteiger partial charge < -0.3 is 19.7 Å². The maximum absolute atomic E-state index is 5.73. The molecule has 0 radical (unpaired) electrons. The fourth-order valence-electron chi connectivity index (χ4n) is 3.74. The summed E-state index contributed by atoms with van der Waals surface area (Å²) in [4.78, 5) is 9.30. The van der Waals surface area contributed by atoms with E-state index >= 15 is 0 Å². The van der Waals surface area contributed by atoms with Crippen LogP contribution in [-0.4, -0.2) is 88.0 Å². The first-order valence-electron chi connectivity index (χ1n) is 10.9. The van der Waals surface area contributed by atoms with Crippen molar-refractivity contribution in [2.75, 3.05) is 66.1 Å². The lowest BCUT2D eigenvalue weighted by atomic mass is 10.2. The molecular formula is C23H37IN4O2. The molecule has 0 aromatic heterocycles. The Bertz CT molecular complexity index is 627. The first-order valence-corrected chi connectivity index (χ1v) is 10.9. The van der Waals surface area contributed by atoms with Gasteiger partial charge in [-0.2, -0.15) is 0 Å². The summed E-state index contributed by atoms with van der Waals surface area (Å²) in [6.45, 7) is 8.41. The summed E-state index contributed by atoms with van der Waals surface area (Å²) in [5, 5.41) is 3.48. The molecule has 1 N–H and O–H groups in total. The third kappa shape index (κ3) is 8.91. The number of halogens is 1. The molecule has 0 spiro atoms. The minimum absolute atomic E-state index is 0. The van der Waals surface area contributed by atoms with E-state index in [1.54, 1.807) is 0 Å². The van der Waals surface area contributed by atoms with Gasteiger partial charge in [-0.15, -0.1) is 24.0 Å². The van der Waals surface area contributed by atoms with Gasteiger partial charge >= 0.3 is 0 Å². The predicted molar refractivity (Wildman–Crippen MR) is 135 cm³/mol. The van der Waals surface area contributed by atoms with Crippen molar-refractivity contribution in [2.24, 2.45) is 4.99 Å². The van der Waals surface area contributed by atoms with Crippen LogP contribution in [0, 0.1) is 0 Å². The molecular weight excluding hydrogens is 491 g/mol. The van der Waals surface area contributed by atoms with Gasteiger partial charge in [0.15, 0.2) is 5.96 Å². The van der Waals surface area contributed by atoms with Gasteiger partial charge in [0, 0.05) is 59.5 Å². The van der Waals surface area contributed by atoms with Crippen LogP contribution in [0.3, 0.4) is 0 Å². The number of aliphatic imine (C=N–C) groups is 1. The summed E-state index contributed by atoms with van der Waals surface area (Å²) in [5.74, 6) is 1.00. The molecule has 6 nitrogen and oxygen atoms in total. The van der Waals surface area contributed by atoms with Crippen LogP contribution in [-0.2, 0) is 9.47 Å². The van der Waals surface area contributed by atoms with E-state index in [0.717, 1.165) is 77.9 Å². The third-order valence-corrected chi connectivity index (χ3v) is 5.43. The Morgan fingerprint density at radius 2 is 2.03 bits per heavy atom. The second-order valence-corrected chi connectivity index (χ2v) is 7.64. The minimum atomic E-state index is 0. The lowest BCUT2D eigenvalue weighted by Crippen LogP contribution is -2.52. The van der Waals surface area contributed by atoms with Crippen LogP contribution >= 0.6 is 24.0 Å². The van der Waals surface area contributed by atoms with Gasteiger partial charge in [0.2, 0.25) is 0 Å². The standard InChI is InChI=1S/C23H36N4O2.HI/c1-24-23(25-12-7-18-28-20-22-11-6-19-29-22)27-16-14-26(15-17-27)13-5-10-21-8-3-2-4-9-21;/h2-5,8-10,22H,6-7,11-20H2,1H3,(H,24,25);1H/b10-5+;. The van der Waals surface area contributed by atoms with E-state index in [1.165, 1.54) is 12.0 Å². The summed E-state index contributed by atoms with van der Waals surface area (Å²) in [6, 6.07) is 10.5. The zero-order valence-corrected chi connectivity index (χ0v) is 20.5. The van der Waals surface area contributed by atoms with Crippen LogP contribution in [0.25, 0.3) is 6.08 Å². The second kappa shape index (κ2) is 14.8. The summed E-state index contributed by atoms with van der Waals surface area (Å²) >= 11 is 0. The Labute approximate surface area is 198 Å². The predicted octanol–water partition coefficient (Wildman–Crippen LogP) is 3.10. The molecule has 0 saturated carbocycles. The number of rotatable bonds is 9. The van der Waals surface area contributed by atoms with Crippen LogP contribution in [0.2, 0.25) is 0 Å². The zero-order chi connectivity index (χ0) is 20.2. The van der Waals surface area contributed by atoms with Crippen molar-refractivity contribution < 1.29 is 9.47 Å². The average molecular weight is 528 g/mol. The SMILES string of the molecule is CN=C(NCCCOCC1CCCO1)N1CCN(C/C=C/c2ccccc2)CC1.I. The van der Waals surface area contributed by atoms with Gasteiger partial charge in [0.05, 0.1) is 12.7 Å². The minimum Gasteiger partial charge on any atom is -0.379 e. The van der Waals surface area contributed by atoms with E-state index in [4.69, 9.17) is 9.47 Å². The van der Waals surface area contributed by atoms with Gasteiger partial charge in [-0.25, -0.2) is 0 Å². The molecule has 1 aromatic carbocycles. The van der Waals surface area contributed by atoms with Crippen molar-refractivity contribution >= 4 is 36.0 Å². The number of benzene rings is 1. The number of ether oxygens (including phenoxy) is 2. The second-order valence-electron chi connectivity index (χ2n) is 7.64. The van der Waals surface area contributed by atoms with Crippen molar-refractivity contribution in [1.82, 2.24) is 15.1 Å². The van der Waals surface area contributed by atoms with Crippen molar-refractivity contribution in [1.29, 1.82) is 0 Å². The zero-order valence-electron chi connectivity index (χ0n) is 18.2. The molecule has 30 heavy (non-hydrogen) atoms. The molecule has 3 rings (SSSR count). The lowest BCUT2D eigenvalue weighted by Gasteiger charge is -2.36. The van der Waals surface area contributed by atoms with Gasteiger partial charge in [-0.3, -0.25) is 9.89 Å². The lowest BCUT2D eigenvalue weighted by molar-refractivity contribution is 0.0168. The van der Waals surface area contributed by atoms with Crippen molar-refractivity contribution in [2.45, 2.75) is 25.4 Å². The third-order valence-electron chi connectivity index (χ3n) is 5.43. The van der Waals surface area contributed by atoms with Crippen LogP contribution < -0.4 is 5.32 Å². The largest absolute Gasteiger partial charge is 0.379 e. The molecule has 0 amide bonds. The first kappa shape index (κ1) is 25.1. The Balaban J connectivity index is 0.00000320. The van der Waals surface area contributed by atoms with E-state index in [1.807, 2.05) is 7.05 Å². The van der Waals surface area contributed by atoms with Crippen LogP contribution in [0.1, 0.15) is 24.8 Å². The molecule has 0 bridgehead atoms. The van der Waals surface area contributed by atoms with Gasteiger partial charge in [-0.1, -0.05) is 42.5 Å². The highest BCUT2D eigenvalue weighted by molar-refractivity contribution is 14.0.